The molecule has 0 aliphatic heterocycles. The van der Waals surface area contributed by atoms with E-state index in [0.29, 0.717) is 17.8 Å². The van der Waals surface area contributed by atoms with Crippen molar-refractivity contribution in [3.05, 3.63) is 23.9 Å². The lowest BCUT2D eigenvalue weighted by molar-refractivity contribution is 0.326. The summed E-state index contributed by atoms with van der Waals surface area (Å²) in [7, 11) is 0. The Morgan fingerprint density at radius 1 is 1.32 bits per heavy atom. The molecule has 1 aromatic rings. The predicted molar refractivity (Wildman–Crippen MR) is 80.9 cm³/mol. The zero-order chi connectivity index (χ0) is 13.5. The maximum absolute atomic E-state index is 6.09. The highest BCUT2D eigenvalue weighted by atomic mass is 14.9. The normalized spacial score (nSPS) is 19.0. The predicted octanol–water partition coefficient (Wildman–Crippen LogP) is 3.67. The fourth-order valence-corrected chi connectivity index (χ4v) is 3.17. The van der Waals surface area contributed by atoms with E-state index in [9.17, 15) is 0 Å². The van der Waals surface area contributed by atoms with Gasteiger partial charge in [-0.05, 0) is 37.8 Å². The molecule has 3 N–H and O–H groups in total. The van der Waals surface area contributed by atoms with Gasteiger partial charge in [0.1, 0.15) is 5.82 Å². The van der Waals surface area contributed by atoms with Gasteiger partial charge in [0.25, 0.3) is 0 Å². The lowest BCUT2D eigenvalue weighted by Crippen LogP contribution is -2.29. The molecule has 0 aromatic carbocycles. The molecular weight excluding hydrogens is 234 g/mol. The van der Waals surface area contributed by atoms with E-state index in [0.717, 1.165) is 13.0 Å². The molecule has 1 heterocycles. The van der Waals surface area contributed by atoms with E-state index in [2.05, 4.69) is 23.3 Å². The summed E-state index contributed by atoms with van der Waals surface area (Å²) in [6.07, 6.45) is 11.1. The van der Waals surface area contributed by atoms with Crippen LogP contribution in [0.4, 0.5) is 5.82 Å². The first kappa shape index (κ1) is 14.3. The van der Waals surface area contributed by atoms with Crippen molar-refractivity contribution in [2.45, 2.75) is 57.9 Å². The summed E-state index contributed by atoms with van der Waals surface area (Å²) in [6, 6.07) is 4.52. The first-order valence-corrected chi connectivity index (χ1v) is 7.76. The topological polar surface area (TPSA) is 50.9 Å². The molecule has 1 aliphatic rings. The van der Waals surface area contributed by atoms with Crippen molar-refractivity contribution in [3.63, 3.8) is 0 Å². The smallest absolute Gasteiger partial charge is 0.128 e. The van der Waals surface area contributed by atoms with Gasteiger partial charge < -0.3 is 11.1 Å². The SMILES string of the molecule is CCCNC(c1cccnc1N)C1CCCCCC1. The minimum Gasteiger partial charge on any atom is -0.383 e. The van der Waals surface area contributed by atoms with Crippen LogP contribution in [0, 0.1) is 5.92 Å². The molecule has 0 radical (unpaired) electrons. The van der Waals surface area contributed by atoms with Crippen molar-refractivity contribution in [1.29, 1.82) is 0 Å². The van der Waals surface area contributed by atoms with Gasteiger partial charge in [-0.25, -0.2) is 4.98 Å². The Hall–Kier alpha value is -1.09. The van der Waals surface area contributed by atoms with Gasteiger partial charge in [-0.15, -0.1) is 0 Å². The third-order valence-corrected chi connectivity index (χ3v) is 4.19. The highest BCUT2D eigenvalue weighted by molar-refractivity contribution is 5.41. The number of nitrogens with two attached hydrogens (primary N) is 1. The van der Waals surface area contributed by atoms with E-state index in [-0.39, 0.29) is 0 Å². The molecular formula is C16H27N3. The molecule has 0 saturated heterocycles. The molecule has 0 spiro atoms. The highest BCUT2D eigenvalue weighted by Gasteiger charge is 2.25. The second-order valence-electron chi connectivity index (χ2n) is 5.66. The first-order valence-electron chi connectivity index (χ1n) is 7.76. The summed E-state index contributed by atoms with van der Waals surface area (Å²) < 4.78 is 0. The largest absolute Gasteiger partial charge is 0.383 e. The van der Waals surface area contributed by atoms with Crippen molar-refractivity contribution in [3.8, 4) is 0 Å². The molecule has 0 bridgehead atoms. The number of nitrogens with one attached hydrogen (secondary N) is 1. The Morgan fingerprint density at radius 3 is 2.68 bits per heavy atom. The number of pyridine rings is 1. The zero-order valence-electron chi connectivity index (χ0n) is 12.1. The van der Waals surface area contributed by atoms with Crippen molar-refractivity contribution in [2.75, 3.05) is 12.3 Å². The molecule has 3 heteroatoms. The Balaban J connectivity index is 2.16. The van der Waals surface area contributed by atoms with Crippen molar-refractivity contribution in [2.24, 2.45) is 5.92 Å². The Labute approximate surface area is 117 Å². The second kappa shape index (κ2) is 7.49. The van der Waals surface area contributed by atoms with E-state index >= 15 is 0 Å². The van der Waals surface area contributed by atoms with Gasteiger partial charge >= 0.3 is 0 Å². The number of hydrogen-bond donors (Lipinski definition) is 2. The third kappa shape index (κ3) is 3.93. The summed E-state index contributed by atoms with van der Waals surface area (Å²) in [4.78, 5) is 4.26. The molecule has 3 nitrogen and oxygen atoms in total. The standard InChI is InChI=1S/C16H27N3/c1-2-11-18-15(13-8-5-3-4-6-9-13)14-10-7-12-19-16(14)17/h7,10,12-13,15,18H,2-6,8-9,11H2,1H3,(H2,17,19). The average Bonchev–Trinajstić information content (AvgIpc) is 2.70. The van der Waals surface area contributed by atoms with E-state index < -0.39 is 0 Å². The van der Waals surface area contributed by atoms with Crippen LogP contribution in [-0.4, -0.2) is 11.5 Å². The van der Waals surface area contributed by atoms with Crippen LogP contribution < -0.4 is 11.1 Å². The number of nitrogen functional groups attached to an aromatic ring is 1. The van der Waals surface area contributed by atoms with Gasteiger partial charge in [-0.1, -0.05) is 38.7 Å². The molecule has 1 atom stereocenters. The molecule has 1 aromatic heterocycles. The second-order valence-corrected chi connectivity index (χ2v) is 5.66. The van der Waals surface area contributed by atoms with Crippen LogP contribution >= 0.6 is 0 Å². The number of anilines is 1. The molecule has 0 amide bonds. The van der Waals surface area contributed by atoms with Crippen LogP contribution in [0.1, 0.15) is 63.5 Å². The molecule has 1 fully saturated rings. The lowest BCUT2D eigenvalue weighted by atomic mass is 9.87. The van der Waals surface area contributed by atoms with Gasteiger partial charge in [-0.3, -0.25) is 0 Å². The van der Waals surface area contributed by atoms with Gasteiger partial charge in [-0.2, -0.15) is 0 Å². The van der Waals surface area contributed by atoms with Gasteiger partial charge in [0.15, 0.2) is 0 Å². The van der Waals surface area contributed by atoms with Crippen LogP contribution in [0.3, 0.4) is 0 Å². The minimum atomic E-state index is 0.381. The molecule has 2 rings (SSSR count). The van der Waals surface area contributed by atoms with Crippen molar-refractivity contribution in [1.82, 2.24) is 10.3 Å². The summed E-state index contributed by atoms with van der Waals surface area (Å²) in [6.45, 7) is 3.26. The fourth-order valence-electron chi connectivity index (χ4n) is 3.17. The van der Waals surface area contributed by atoms with Crippen molar-refractivity contribution < 1.29 is 0 Å². The quantitative estimate of drug-likeness (QED) is 0.795. The van der Waals surface area contributed by atoms with E-state index in [4.69, 9.17) is 5.73 Å². The minimum absolute atomic E-state index is 0.381. The van der Waals surface area contributed by atoms with E-state index in [1.807, 2.05) is 6.07 Å². The van der Waals surface area contributed by atoms with Crippen LogP contribution in [0.2, 0.25) is 0 Å². The summed E-state index contributed by atoms with van der Waals surface area (Å²) in [5, 5.41) is 3.70. The Morgan fingerprint density at radius 2 is 2.05 bits per heavy atom. The fraction of sp³-hybridized carbons (Fsp3) is 0.688. The molecule has 106 valence electrons. The molecule has 1 aliphatic carbocycles. The molecule has 19 heavy (non-hydrogen) atoms. The van der Waals surface area contributed by atoms with Gasteiger partial charge in [0.2, 0.25) is 0 Å². The highest BCUT2D eigenvalue weighted by Crippen LogP contribution is 2.35. The maximum Gasteiger partial charge on any atom is 0.128 e. The summed E-state index contributed by atoms with van der Waals surface area (Å²) in [5.74, 6) is 1.40. The van der Waals surface area contributed by atoms with Gasteiger partial charge in [0, 0.05) is 17.8 Å². The van der Waals surface area contributed by atoms with E-state index in [1.54, 1.807) is 6.20 Å². The Kier molecular flexibility index (Phi) is 5.64. The first-order chi connectivity index (χ1) is 9.33. The van der Waals surface area contributed by atoms with Crippen LogP contribution in [0.15, 0.2) is 18.3 Å². The summed E-state index contributed by atoms with van der Waals surface area (Å²) >= 11 is 0. The number of hydrogen-bond acceptors (Lipinski definition) is 3. The van der Waals surface area contributed by atoms with Gasteiger partial charge in [0.05, 0.1) is 0 Å². The number of nitrogens with zero attached hydrogens (tertiary/aromatic N) is 1. The van der Waals surface area contributed by atoms with Crippen LogP contribution in [0.25, 0.3) is 0 Å². The van der Waals surface area contributed by atoms with E-state index in [1.165, 1.54) is 44.1 Å². The molecule has 1 saturated carbocycles. The molecule has 1 unspecified atom stereocenters. The van der Waals surface area contributed by atoms with Crippen LogP contribution in [-0.2, 0) is 0 Å². The zero-order valence-corrected chi connectivity index (χ0v) is 12.1. The van der Waals surface area contributed by atoms with Crippen LogP contribution in [0.5, 0.6) is 0 Å². The number of rotatable bonds is 5. The summed E-state index contributed by atoms with van der Waals surface area (Å²) in [5.41, 5.74) is 7.28. The monoisotopic (exact) mass is 261 g/mol. The maximum atomic E-state index is 6.09. The third-order valence-electron chi connectivity index (χ3n) is 4.19. The number of aromatic nitrogens is 1. The Bertz CT molecular complexity index is 370. The van der Waals surface area contributed by atoms with Crippen molar-refractivity contribution >= 4 is 5.82 Å². The average molecular weight is 261 g/mol. The lowest BCUT2D eigenvalue weighted by Gasteiger charge is -2.28.